The highest BCUT2D eigenvalue weighted by Crippen LogP contribution is 2.18. The standard InChI is InChI=1S/C15H17N3O3/c1-8-4-9(2)6-11(5-8)13(15(20)21)16-14(19)12-7-10(3)17-18-12/h4-7,13H,1-3H3,(H,16,19)(H,17,18)(H,20,21). The van der Waals surface area contributed by atoms with Gasteiger partial charge in [-0.3, -0.25) is 9.89 Å². The van der Waals surface area contributed by atoms with Crippen LogP contribution in [0.3, 0.4) is 0 Å². The lowest BCUT2D eigenvalue weighted by atomic mass is 10.0. The van der Waals surface area contributed by atoms with Gasteiger partial charge in [-0.15, -0.1) is 0 Å². The van der Waals surface area contributed by atoms with Crippen molar-refractivity contribution < 1.29 is 14.7 Å². The van der Waals surface area contributed by atoms with Crippen LogP contribution in [0.15, 0.2) is 24.3 Å². The monoisotopic (exact) mass is 287 g/mol. The van der Waals surface area contributed by atoms with Gasteiger partial charge in [0, 0.05) is 5.69 Å². The molecular weight excluding hydrogens is 270 g/mol. The number of nitrogens with zero attached hydrogens (tertiary/aromatic N) is 1. The number of hydrogen-bond acceptors (Lipinski definition) is 3. The maximum Gasteiger partial charge on any atom is 0.330 e. The lowest BCUT2D eigenvalue weighted by Crippen LogP contribution is -2.34. The second-order valence-electron chi connectivity index (χ2n) is 5.10. The lowest BCUT2D eigenvalue weighted by Gasteiger charge is -2.15. The zero-order valence-corrected chi connectivity index (χ0v) is 12.1. The molecule has 2 aromatic rings. The molecule has 0 aliphatic heterocycles. The van der Waals surface area contributed by atoms with Crippen molar-refractivity contribution >= 4 is 11.9 Å². The van der Waals surface area contributed by atoms with E-state index >= 15 is 0 Å². The first-order valence-corrected chi connectivity index (χ1v) is 6.50. The molecule has 0 aliphatic rings. The van der Waals surface area contributed by atoms with Gasteiger partial charge in [-0.05, 0) is 32.4 Å². The van der Waals surface area contributed by atoms with Crippen molar-refractivity contribution in [2.45, 2.75) is 26.8 Å². The van der Waals surface area contributed by atoms with Gasteiger partial charge in [0.15, 0.2) is 6.04 Å². The summed E-state index contributed by atoms with van der Waals surface area (Å²) in [5.41, 5.74) is 3.34. The minimum atomic E-state index is -1.11. The number of H-pyrrole nitrogens is 1. The number of carboxylic acid groups (broad SMARTS) is 1. The fraction of sp³-hybridized carbons (Fsp3) is 0.267. The first-order valence-electron chi connectivity index (χ1n) is 6.50. The molecular formula is C15H17N3O3. The van der Waals surface area contributed by atoms with Crippen molar-refractivity contribution in [1.82, 2.24) is 15.5 Å². The second-order valence-corrected chi connectivity index (χ2v) is 5.10. The van der Waals surface area contributed by atoms with Crippen LogP contribution in [0, 0.1) is 20.8 Å². The van der Waals surface area contributed by atoms with Crippen molar-refractivity contribution in [3.05, 3.63) is 52.3 Å². The van der Waals surface area contributed by atoms with Crippen LogP contribution in [0.25, 0.3) is 0 Å². The molecule has 0 spiro atoms. The quantitative estimate of drug-likeness (QED) is 0.800. The summed E-state index contributed by atoms with van der Waals surface area (Å²) >= 11 is 0. The molecule has 3 N–H and O–H groups in total. The summed E-state index contributed by atoms with van der Waals surface area (Å²) in [4.78, 5) is 23.5. The number of aromatic nitrogens is 2. The second kappa shape index (κ2) is 5.78. The van der Waals surface area contributed by atoms with Crippen molar-refractivity contribution in [1.29, 1.82) is 0 Å². The third kappa shape index (κ3) is 3.47. The van der Waals surface area contributed by atoms with E-state index < -0.39 is 17.9 Å². The van der Waals surface area contributed by atoms with Gasteiger partial charge in [0.05, 0.1) is 0 Å². The molecule has 110 valence electrons. The van der Waals surface area contributed by atoms with E-state index in [1.807, 2.05) is 19.9 Å². The average Bonchev–Trinajstić information content (AvgIpc) is 2.80. The van der Waals surface area contributed by atoms with Gasteiger partial charge in [0.1, 0.15) is 5.69 Å². The summed E-state index contributed by atoms with van der Waals surface area (Å²) < 4.78 is 0. The van der Waals surface area contributed by atoms with Crippen LogP contribution in [-0.2, 0) is 4.79 Å². The SMILES string of the molecule is Cc1cc(C)cc(C(NC(=O)c2cc(C)[nH]n2)C(=O)O)c1. The molecule has 0 aliphatic carbocycles. The Balaban J connectivity index is 2.27. The fourth-order valence-electron chi connectivity index (χ4n) is 2.20. The normalized spacial score (nSPS) is 12.0. The summed E-state index contributed by atoms with van der Waals surface area (Å²) in [5.74, 6) is -1.63. The topological polar surface area (TPSA) is 95.1 Å². The van der Waals surface area contributed by atoms with Gasteiger partial charge < -0.3 is 10.4 Å². The van der Waals surface area contributed by atoms with Crippen LogP contribution in [0.2, 0.25) is 0 Å². The Morgan fingerprint density at radius 1 is 1.14 bits per heavy atom. The van der Waals surface area contributed by atoms with Crippen molar-refractivity contribution in [3.63, 3.8) is 0 Å². The van der Waals surface area contributed by atoms with Crippen LogP contribution in [0.5, 0.6) is 0 Å². The number of benzene rings is 1. The number of aromatic amines is 1. The molecule has 1 unspecified atom stereocenters. The first kappa shape index (κ1) is 14.8. The maximum absolute atomic E-state index is 12.1. The Morgan fingerprint density at radius 3 is 2.24 bits per heavy atom. The largest absolute Gasteiger partial charge is 0.479 e. The number of aryl methyl sites for hydroxylation is 3. The van der Waals surface area contributed by atoms with Gasteiger partial charge in [-0.2, -0.15) is 5.10 Å². The van der Waals surface area contributed by atoms with Crippen LogP contribution in [0.1, 0.15) is 38.9 Å². The maximum atomic E-state index is 12.1. The molecule has 1 amide bonds. The highest BCUT2D eigenvalue weighted by Gasteiger charge is 2.24. The van der Waals surface area contributed by atoms with E-state index in [-0.39, 0.29) is 5.69 Å². The Bertz CT molecular complexity index is 671. The van der Waals surface area contributed by atoms with Gasteiger partial charge in [-0.1, -0.05) is 29.3 Å². The third-order valence-electron chi connectivity index (χ3n) is 3.04. The molecule has 21 heavy (non-hydrogen) atoms. The molecule has 0 fully saturated rings. The molecule has 0 radical (unpaired) electrons. The molecule has 0 bridgehead atoms. The van der Waals surface area contributed by atoms with E-state index in [1.165, 1.54) is 0 Å². The van der Waals surface area contributed by atoms with Gasteiger partial charge in [-0.25, -0.2) is 4.79 Å². The number of amides is 1. The molecule has 1 atom stereocenters. The molecule has 2 rings (SSSR count). The number of carbonyl (C=O) groups is 2. The van der Waals surface area contributed by atoms with Gasteiger partial charge in [0.2, 0.25) is 0 Å². The predicted octanol–water partition coefficient (Wildman–Crippen LogP) is 1.89. The molecule has 1 heterocycles. The fourth-order valence-corrected chi connectivity index (χ4v) is 2.20. The summed E-state index contributed by atoms with van der Waals surface area (Å²) in [6.07, 6.45) is 0. The number of carboxylic acids is 1. The van der Waals surface area contributed by atoms with E-state index in [1.54, 1.807) is 25.1 Å². The van der Waals surface area contributed by atoms with Crippen molar-refractivity contribution in [2.75, 3.05) is 0 Å². The highest BCUT2D eigenvalue weighted by molar-refractivity contribution is 5.95. The van der Waals surface area contributed by atoms with Crippen LogP contribution < -0.4 is 5.32 Å². The minimum Gasteiger partial charge on any atom is -0.479 e. The smallest absolute Gasteiger partial charge is 0.330 e. The molecule has 6 nitrogen and oxygen atoms in total. The summed E-state index contributed by atoms with van der Waals surface area (Å²) in [5, 5.41) is 18.3. The van der Waals surface area contributed by atoms with E-state index in [0.29, 0.717) is 5.56 Å². The number of rotatable bonds is 4. The van der Waals surface area contributed by atoms with Gasteiger partial charge >= 0.3 is 5.97 Å². The van der Waals surface area contributed by atoms with Crippen LogP contribution in [0.4, 0.5) is 0 Å². The molecule has 0 saturated heterocycles. The number of carbonyl (C=O) groups excluding carboxylic acids is 1. The zero-order chi connectivity index (χ0) is 15.6. The lowest BCUT2D eigenvalue weighted by molar-refractivity contribution is -0.139. The number of hydrogen-bond donors (Lipinski definition) is 3. The van der Waals surface area contributed by atoms with E-state index in [0.717, 1.165) is 16.8 Å². The Hall–Kier alpha value is -2.63. The molecule has 6 heteroatoms. The summed E-state index contributed by atoms with van der Waals surface area (Å²) in [7, 11) is 0. The van der Waals surface area contributed by atoms with Crippen LogP contribution >= 0.6 is 0 Å². The summed E-state index contributed by atoms with van der Waals surface area (Å²) in [6, 6.07) is 5.91. The molecule has 0 saturated carbocycles. The first-order chi connectivity index (χ1) is 9.86. The summed E-state index contributed by atoms with van der Waals surface area (Å²) in [6.45, 7) is 5.53. The molecule has 1 aromatic heterocycles. The minimum absolute atomic E-state index is 0.170. The van der Waals surface area contributed by atoms with E-state index in [2.05, 4.69) is 15.5 Å². The average molecular weight is 287 g/mol. The highest BCUT2D eigenvalue weighted by atomic mass is 16.4. The van der Waals surface area contributed by atoms with Crippen LogP contribution in [-0.4, -0.2) is 27.2 Å². The van der Waals surface area contributed by atoms with Gasteiger partial charge in [0.25, 0.3) is 5.91 Å². The number of aliphatic carboxylic acids is 1. The predicted molar refractivity (Wildman–Crippen MR) is 77.1 cm³/mol. The van der Waals surface area contributed by atoms with E-state index in [9.17, 15) is 14.7 Å². The number of nitrogens with one attached hydrogen (secondary N) is 2. The zero-order valence-electron chi connectivity index (χ0n) is 12.1. The Kier molecular flexibility index (Phi) is 4.07. The molecule has 1 aromatic carbocycles. The van der Waals surface area contributed by atoms with Crippen molar-refractivity contribution in [3.8, 4) is 0 Å². The Morgan fingerprint density at radius 2 is 1.76 bits per heavy atom. The Labute approximate surface area is 122 Å². The third-order valence-corrected chi connectivity index (χ3v) is 3.04. The van der Waals surface area contributed by atoms with Crippen molar-refractivity contribution in [2.24, 2.45) is 0 Å². The van der Waals surface area contributed by atoms with E-state index in [4.69, 9.17) is 0 Å².